The van der Waals surface area contributed by atoms with Crippen LogP contribution in [0.2, 0.25) is 0 Å². The van der Waals surface area contributed by atoms with Gasteiger partial charge in [0.15, 0.2) is 0 Å². The molecule has 0 unspecified atom stereocenters. The molecule has 0 aliphatic heterocycles. The summed E-state index contributed by atoms with van der Waals surface area (Å²) in [5, 5.41) is 5.13. The predicted molar refractivity (Wildman–Crippen MR) is 55.2 cm³/mol. The van der Waals surface area contributed by atoms with E-state index in [1.54, 1.807) is 17.5 Å². The van der Waals surface area contributed by atoms with E-state index in [0.29, 0.717) is 0 Å². The topological polar surface area (TPSA) is 29.9 Å². The molecule has 0 saturated carbocycles. The van der Waals surface area contributed by atoms with Crippen LogP contribution in [0, 0.1) is 0 Å². The lowest BCUT2D eigenvalue weighted by atomic mass is 10.4. The fourth-order valence-electron chi connectivity index (χ4n) is 1.24. The van der Waals surface area contributed by atoms with E-state index < -0.39 is 0 Å². The van der Waals surface area contributed by atoms with Gasteiger partial charge >= 0.3 is 0 Å². The highest BCUT2D eigenvalue weighted by Crippen LogP contribution is 2.13. The molecule has 4 heteroatoms. The fraction of sp³-hybridized carbons (Fsp3) is 0.222. The van der Waals surface area contributed by atoms with Gasteiger partial charge in [0.25, 0.3) is 0 Å². The van der Waals surface area contributed by atoms with Gasteiger partial charge in [0.05, 0.1) is 6.54 Å². The van der Waals surface area contributed by atoms with Crippen LogP contribution in [0.4, 0.5) is 5.95 Å². The number of rotatable bonds is 3. The molecule has 0 fully saturated rings. The Bertz CT molecular complexity index is 364. The lowest BCUT2D eigenvalue weighted by molar-refractivity contribution is 0.818. The Balaban J connectivity index is 2.18. The van der Waals surface area contributed by atoms with Crippen LogP contribution in [0.1, 0.15) is 4.88 Å². The molecule has 0 spiro atoms. The van der Waals surface area contributed by atoms with Gasteiger partial charge in [-0.25, -0.2) is 4.98 Å². The summed E-state index contributed by atoms with van der Waals surface area (Å²) >= 11 is 1.76. The first kappa shape index (κ1) is 8.31. The summed E-state index contributed by atoms with van der Waals surface area (Å²) in [5.41, 5.74) is 0. The van der Waals surface area contributed by atoms with E-state index >= 15 is 0 Å². The van der Waals surface area contributed by atoms with Crippen LogP contribution in [-0.4, -0.2) is 16.6 Å². The smallest absolute Gasteiger partial charge is 0.202 e. The minimum absolute atomic E-state index is 0.897. The molecular weight excluding hydrogens is 182 g/mol. The molecule has 0 radical (unpaired) electrons. The Morgan fingerprint density at radius 2 is 2.54 bits per heavy atom. The van der Waals surface area contributed by atoms with Crippen LogP contribution in [-0.2, 0) is 6.54 Å². The van der Waals surface area contributed by atoms with Gasteiger partial charge < -0.3 is 9.88 Å². The van der Waals surface area contributed by atoms with Gasteiger partial charge in [-0.2, -0.15) is 0 Å². The van der Waals surface area contributed by atoms with Crippen molar-refractivity contribution in [2.45, 2.75) is 6.54 Å². The predicted octanol–water partition coefficient (Wildman–Crippen LogP) is 2.03. The second kappa shape index (κ2) is 3.62. The Hall–Kier alpha value is -1.29. The van der Waals surface area contributed by atoms with Crippen LogP contribution >= 0.6 is 11.3 Å². The summed E-state index contributed by atoms with van der Waals surface area (Å²) in [5.74, 6) is 0.911. The number of hydrogen-bond donors (Lipinski definition) is 1. The summed E-state index contributed by atoms with van der Waals surface area (Å²) < 4.78 is 2.09. The molecule has 0 aliphatic carbocycles. The highest BCUT2D eigenvalue weighted by Gasteiger charge is 2.00. The Labute approximate surface area is 81.0 Å². The molecule has 68 valence electrons. The molecule has 3 nitrogen and oxygen atoms in total. The summed E-state index contributed by atoms with van der Waals surface area (Å²) in [4.78, 5) is 5.51. The van der Waals surface area contributed by atoms with Crippen molar-refractivity contribution >= 4 is 17.3 Å². The zero-order chi connectivity index (χ0) is 9.10. The van der Waals surface area contributed by atoms with Crippen LogP contribution in [0.5, 0.6) is 0 Å². The van der Waals surface area contributed by atoms with Gasteiger partial charge in [-0.05, 0) is 11.4 Å². The van der Waals surface area contributed by atoms with Crippen molar-refractivity contribution in [3.8, 4) is 0 Å². The van der Waals surface area contributed by atoms with Crippen molar-refractivity contribution in [1.29, 1.82) is 0 Å². The van der Waals surface area contributed by atoms with Gasteiger partial charge in [-0.3, -0.25) is 0 Å². The van der Waals surface area contributed by atoms with Crippen LogP contribution in [0.3, 0.4) is 0 Å². The van der Waals surface area contributed by atoms with E-state index in [1.165, 1.54) is 4.88 Å². The van der Waals surface area contributed by atoms with Crippen molar-refractivity contribution in [3.05, 3.63) is 34.8 Å². The molecule has 0 saturated heterocycles. The van der Waals surface area contributed by atoms with Gasteiger partial charge in [0.2, 0.25) is 5.95 Å². The molecule has 0 atom stereocenters. The van der Waals surface area contributed by atoms with Gasteiger partial charge in [0, 0.05) is 24.3 Å². The number of nitrogens with zero attached hydrogens (tertiary/aromatic N) is 2. The zero-order valence-corrected chi connectivity index (χ0v) is 8.21. The third-order valence-electron chi connectivity index (χ3n) is 1.85. The van der Waals surface area contributed by atoms with E-state index in [2.05, 4.69) is 32.4 Å². The molecule has 2 rings (SSSR count). The van der Waals surface area contributed by atoms with E-state index in [0.717, 1.165) is 12.5 Å². The quantitative estimate of drug-likeness (QED) is 0.808. The number of nitrogens with one attached hydrogen (secondary N) is 1. The standard InChI is InChI=1S/C9H11N3S/c1-10-9-11-4-5-12(9)7-8-3-2-6-13-8/h2-6H,7H2,1H3,(H,10,11). The first-order valence-corrected chi connectivity index (χ1v) is 4.99. The van der Waals surface area contributed by atoms with Crippen molar-refractivity contribution < 1.29 is 0 Å². The largest absolute Gasteiger partial charge is 0.359 e. The summed E-state index contributed by atoms with van der Waals surface area (Å²) in [6.07, 6.45) is 3.78. The monoisotopic (exact) mass is 193 g/mol. The van der Waals surface area contributed by atoms with Crippen LogP contribution in [0.25, 0.3) is 0 Å². The minimum atomic E-state index is 0.897. The van der Waals surface area contributed by atoms with Crippen molar-refractivity contribution in [2.75, 3.05) is 12.4 Å². The molecule has 0 aliphatic rings. The van der Waals surface area contributed by atoms with E-state index in [-0.39, 0.29) is 0 Å². The highest BCUT2D eigenvalue weighted by molar-refractivity contribution is 7.09. The van der Waals surface area contributed by atoms with Crippen molar-refractivity contribution in [1.82, 2.24) is 9.55 Å². The summed E-state index contributed by atoms with van der Waals surface area (Å²) in [6, 6.07) is 4.19. The lowest BCUT2D eigenvalue weighted by Gasteiger charge is -2.04. The molecule has 2 aromatic heterocycles. The van der Waals surface area contributed by atoms with E-state index in [1.807, 2.05) is 13.2 Å². The molecular formula is C9H11N3S. The summed E-state index contributed by atoms with van der Waals surface area (Å²) in [6.45, 7) is 0.897. The van der Waals surface area contributed by atoms with Crippen LogP contribution in [0.15, 0.2) is 29.9 Å². The first-order chi connectivity index (χ1) is 6.40. The molecule has 0 bridgehead atoms. The normalized spacial score (nSPS) is 10.2. The Morgan fingerprint density at radius 3 is 3.23 bits per heavy atom. The third-order valence-corrected chi connectivity index (χ3v) is 2.71. The molecule has 13 heavy (non-hydrogen) atoms. The number of imidazole rings is 1. The minimum Gasteiger partial charge on any atom is -0.359 e. The second-order valence-corrected chi connectivity index (χ2v) is 3.74. The molecule has 0 amide bonds. The lowest BCUT2D eigenvalue weighted by Crippen LogP contribution is -2.02. The maximum atomic E-state index is 4.17. The number of hydrogen-bond acceptors (Lipinski definition) is 3. The number of anilines is 1. The average molecular weight is 193 g/mol. The zero-order valence-electron chi connectivity index (χ0n) is 7.40. The molecule has 2 heterocycles. The van der Waals surface area contributed by atoms with Gasteiger partial charge in [-0.1, -0.05) is 6.07 Å². The van der Waals surface area contributed by atoms with Crippen molar-refractivity contribution in [2.24, 2.45) is 0 Å². The molecule has 0 aromatic carbocycles. The summed E-state index contributed by atoms with van der Waals surface area (Å²) in [7, 11) is 1.88. The highest BCUT2D eigenvalue weighted by atomic mass is 32.1. The van der Waals surface area contributed by atoms with Gasteiger partial charge in [-0.15, -0.1) is 11.3 Å². The van der Waals surface area contributed by atoms with Crippen LogP contribution < -0.4 is 5.32 Å². The maximum Gasteiger partial charge on any atom is 0.202 e. The Morgan fingerprint density at radius 1 is 1.62 bits per heavy atom. The SMILES string of the molecule is CNc1nccn1Cc1cccs1. The molecule has 2 aromatic rings. The third kappa shape index (κ3) is 1.72. The fourth-order valence-corrected chi connectivity index (χ4v) is 1.94. The number of thiophene rings is 1. The Kier molecular flexibility index (Phi) is 2.31. The first-order valence-electron chi connectivity index (χ1n) is 4.11. The van der Waals surface area contributed by atoms with E-state index in [9.17, 15) is 0 Å². The maximum absolute atomic E-state index is 4.17. The van der Waals surface area contributed by atoms with Crippen molar-refractivity contribution in [3.63, 3.8) is 0 Å². The van der Waals surface area contributed by atoms with Gasteiger partial charge in [0.1, 0.15) is 0 Å². The van der Waals surface area contributed by atoms with E-state index in [4.69, 9.17) is 0 Å². The second-order valence-electron chi connectivity index (χ2n) is 2.71. The number of aromatic nitrogens is 2. The molecule has 1 N–H and O–H groups in total. The average Bonchev–Trinajstić information content (AvgIpc) is 2.76.